The van der Waals surface area contributed by atoms with Crippen LogP contribution in [0.4, 0.5) is 10.8 Å². The minimum atomic E-state index is -1.16. The van der Waals surface area contributed by atoms with E-state index in [-0.39, 0.29) is 31.4 Å². The summed E-state index contributed by atoms with van der Waals surface area (Å²) >= 11 is 0. The van der Waals surface area contributed by atoms with Gasteiger partial charge in [0.05, 0.1) is 0 Å². The van der Waals surface area contributed by atoms with Crippen LogP contribution in [-0.2, 0) is 14.3 Å². The number of aromatic nitrogens is 2. The molecule has 1 atom stereocenters. The van der Waals surface area contributed by atoms with Crippen molar-refractivity contribution in [3.8, 4) is 11.1 Å². The van der Waals surface area contributed by atoms with E-state index in [2.05, 4.69) is 20.8 Å². The SMILES string of the molecule is Cc1noc(NC(=O)C(CCC(=O)O)NC(=O)OCC2c3ccccc3-c3ccccc32)n1. The van der Waals surface area contributed by atoms with E-state index in [1.54, 1.807) is 6.92 Å². The van der Waals surface area contributed by atoms with Gasteiger partial charge in [0.1, 0.15) is 12.6 Å². The normalized spacial score (nSPS) is 13.0. The van der Waals surface area contributed by atoms with Crippen molar-refractivity contribution in [1.29, 1.82) is 0 Å². The van der Waals surface area contributed by atoms with Crippen LogP contribution in [0.5, 0.6) is 0 Å². The minimum Gasteiger partial charge on any atom is -0.481 e. The first-order valence-electron chi connectivity index (χ1n) is 10.4. The highest BCUT2D eigenvalue weighted by Crippen LogP contribution is 2.44. The molecule has 1 aromatic heterocycles. The van der Waals surface area contributed by atoms with Crippen molar-refractivity contribution >= 4 is 24.0 Å². The topological polar surface area (TPSA) is 144 Å². The van der Waals surface area contributed by atoms with Gasteiger partial charge in [0.2, 0.25) is 0 Å². The van der Waals surface area contributed by atoms with E-state index >= 15 is 0 Å². The molecule has 10 heteroatoms. The number of hydrogen-bond acceptors (Lipinski definition) is 7. The van der Waals surface area contributed by atoms with Gasteiger partial charge in [0.25, 0.3) is 5.91 Å². The largest absolute Gasteiger partial charge is 0.481 e. The summed E-state index contributed by atoms with van der Waals surface area (Å²) in [5.41, 5.74) is 4.29. The predicted molar refractivity (Wildman–Crippen MR) is 117 cm³/mol. The zero-order valence-electron chi connectivity index (χ0n) is 17.8. The second-order valence-electron chi connectivity index (χ2n) is 7.59. The van der Waals surface area contributed by atoms with Gasteiger partial charge in [0.15, 0.2) is 5.82 Å². The van der Waals surface area contributed by atoms with Gasteiger partial charge in [-0.05, 0) is 35.6 Å². The van der Waals surface area contributed by atoms with Crippen LogP contribution in [0.25, 0.3) is 11.1 Å². The molecule has 0 saturated heterocycles. The highest BCUT2D eigenvalue weighted by molar-refractivity contribution is 5.95. The Morgan fingerprint density at radius 3 is 2.30 bits per heavy atom. The molecule has 1 aliphatic rings. The summed E-state index contributed by atoms with van der Waals surface area (Å²) in [4.78, 5) is 39.9. The lowest BCUT2D eigenvalue weighted by Crippen LogP contribution is -2.44. The van der Waals surface area contributed by atoms with Gasteiger partial charge in [-0.3, -0.25) is 14.9 Å². The third kappa shape index (κ3) is 5.00. The molecule has 4 rings (SSSR count). The van der Waals surface area contributed by atoms with Crippen LogP contribution in [-0.4, -0.2) is 45.9 Å². The maximum Gasteiger partial charge on any atom is 0.407 e. The summed E-state index contributed by atoms with van der Waals surface area (Å²) in [6.07, 6.45) is -1.30. The van der Waals surface area contributed by atoms with E-state index < -0.39 is 24.0 Å². The fraction of sp³-hybridized carbons (Fsp3) is 0.261. The lowest BCUT2D eigenvalue weighted by atomic mass is 9.98. The van der Waals surface area contributed by atoms with Crippen molar-refractivity contribution < 1.29 is 28.8 Å². The summed E-state index contributed by atoms with van der Waals surface area (Å²) in [5.74, 6) is -1.61. The number of carboxylic acids is 1. The molecule has 0 saturated carbocycles. The van der Waals surface area contributed by atoms with Crippen LogP contribution < -0.4 is 10.6 Å². The number of nitrogens with one attached hydrogen (secondary N) is 2. The van der Waals surface area contributed by atoms with Crippen molar-refractivity contribution in [3.05, 3.63) is 65.5 Å². The number of carbonyl (C=O) groups excluding carboxylic acids is 2. The maximum absolute atomic E-state index is 12.6. The highest BCUT2D eigenvalue weighted by atomic mass is 16.5. The van der Waals surface area contributed by atoms with Gasteiger partial charge in [-0.2, -0.15) is 4.98 Å². The van der Waals surface area contributed by atoms with Crippen molar-refractivity contribution in [3.63, 3.8) is 0 Å². The number of aliphatic carboxylic acids is 1. The Morgan fingerprint density at radius 1 is 1.09 bits per heavy atom. The molecule has 3 aromatic rings. The molecule has 170 valence electrons. The monoisotopic (exact) mass is 450 g/mol. The number of hydrogen-bond donors (Lipinski definition) is 3. The van der Waals surface area contributed by atoms with Crippen LogP contribution in [0, 0.1) is 6.92 Å². The Kier molecular flexibility index (Phi) is 6.34. The van der Waals surface area contributed by atoms with E-state index in [0.717, 1.165) is 22.3 Å². The maximum atomic E-state index is 12.6. The third-order valence-electron chi connectivity index (χ3n) is 5.36. The predicted octanol–water partition coefficient (Wildman–Crippen LogP) is 3.09. The lowest BCUT2D eigenvalue weighted by molar-refractivity contribution is -0.137. The smallest absolute Gasteiger partial charge is 0.407 e. The second-order valence-corrected chi connectivity index (χ2v) is 7.59. The zero-order valence-corrected chi connectivity index (χ0v) is 17.8. The number of amides is 2. The molecular weight excluding hydrogens is 428 g/mol. The Bertz CT molecular complexity index is 1150. The van der Waals surface area contributed by atoms with Crippen molar-refractivity contribution in [2.75, 3.05) is 11.9 Å². The summed E-state index contributed by atoms with van der Waals surface area (Å²) in [6.45, 7) is 1.64. The molecule has 0 aliphatic heterocycles. The number of aryl methyl sites for hydroxylation is 1. The van der Waals surface area contributed by atoms with Crippen molar-refractivity contribution in [1.82, 2.24) is 15.5 Å². The standard InChI is InChI=1S/C23H22N4O6/c1-13-24-22(33-27-13)26-21(30)19(10-11-20(28)29)25-23(31)32-12-18-16-8-4-2-6-14(16)15-7-3-5-9-17(15)18/h2-9,18-19H,10-12H2,1H3,(H,25,31)(H,28,29)(H,24,26,27,30). The summed E-state index contributed by atoms with van der Waals surface area (Å²) in [6, 6.07) is 14.5. The van der Waals surface area contributed by atoms with Crippen molar-refractivity contribution in [2.24, 2.45) is 0 Å². The minimum absolute atomic E-state index is 0.0655. The molecule has 10 nitrogen and oxygen atoms in total. The van der Waals surface area contributed by atoms with Crippen LogP contribution in [0.2, 0.25) is 0 Å². The van der Waals surface area contributed by atoms with E-state index in [4.69, 9.17) is 14.4 Å². The molecule has 0 bridgehead atoms. The van der Waals surface area contributed by atoms with Gasteiger partial charge in [-0.1, -0.05) is 53.7 Å². The quantitative estimate of drug-likeness (QED) is 0.475. The first kappa shape index (κ1) is 22.0. The Balaban J connectivity index is 1.42. The molecule has 2 aromatic carbocycles. The molecule has 0 spiro atoms. The Morgan fingerprint density at radius 2 is 1.73 bits per heavy atom. The fourth-order valence-corrected chi connectivity index (χ4v) is 3.86. The van der Waals surface area contributed by atoms with E-state index in [0.29, 0.717) is 5.82 Å². The second kappa shape index (κ2) is 9.51. The number of carbonyl (C=O) groups is 3. The summed E-state index contributed by atoms with van der Waals surface area (Å²) in [5, 5.41) is 17.4. The number of anilines is 1. The highest BCUT2D eigenvalue weighted by Gasteiger charge is 2.30. The number of alkyl carbamates (subject to hydrolysis) is 1. The average Bonchev–Trinajstić information content (AvgIpc) is 3.35. The van der Waals surface area contributed by atoms with Crippen LogP contribution in [0.15, 0.2) is 53.1 Å². The number of benzene rings is 2. The van der Waals surface area contributed by atoms with Crippen LogP contribution in [0.3, 0.4) is 0 Å². The zero-order chi connectivity index (χ0) is 23.4. The average molecular weight is 450 g/mol. The molecule has 0 fully saturated rings. The summed E-state index contributed by atoms with van der Waals surface area (Å²) < 4.78 is 10.3. The fourth-order valence-electron chi connectivity index (χ4n) is 3.86. The summed E-state index contributed by atoms with van der Waals surface area (Å²) in [7, 11) is 0. The van der Waals surface area contributed by atoms with Crippen LogP contribution in [0.1, 0.15) is 35.7 Å². The number of nitrogens with zero attached hydrogens (tertiary/aromatic N) is 2. The molecular formula is C23H22N4O6. The van der Waals surface area contributed by atoms with Gasteiger partial charge < -0.3 is 19.7 Å². The lowest BCUT2D eigenvalue weighted by Gasteiger charge is -2.18. The van der Waals surface area contributed by atoms with E-state index in [1.165, 1.54) is 0 Å². The Hall–Kier alpha value is -4.21. The number of fused-ring (bicyclic) bond motifs is 3. The number of carboxylic acid groups (broad SMARTS) is 1. The number of rotatable bonds is 8. The first-order valence-corrected chi connectivity index (χ1v) is 10.4. The molecule has 1 heterocycles. The molecule has 2 amide bonds. The first-order chi connectivity index (χ1) is 15.9. The molecule has 1 unspecified atom stereocenters. The van der Waals surface area contributed by atoms with Gasteiger partial charge >= 0.3 is 18.1 Å². The number of ether oxygens (including phenoxy) is 1. The van der Waals surface area contributed by atoms with Gasteiger partial charge in [0, 0.05) is 12.3 Å². The molecule has 3 N–H and O–H groups in total. The van der Waals surface area contributed by atoms with E-state index in [9.17, 15) is 14.4 Å². The van der Waals surface area contributed by atoms with Gasteiger partial charge in [-0.25, -0.2) is 4.79 Å². The van der Waals surface area contributed by atoms with Crippen molar-refractivity contribution in [2.45, 2.75) is 31.7 Å². The van der Waals surface area contributed by atoms with Gasteiger partial charge in [-0.15, -0.1) is 0 Å². The molecule has 0 radical (unpaired) electrons. The molecule has 33 heavy (non-hydrogen) atoms. The van der Waals surface area contributed by atoms with Crippen LogP contribution >= 0.6 is 0 Å². The Labute approximate surface area is 189 Å². The van der Waals surface area contributed by atoms with E-state index in [1.807, 2.05) is 48.5 Å². The third-order valence-corrected chi connectivity index (χ3v) is 5.36. The molecule has 1 aliphatic carbocycles.